The van der Waals surface area contributed by atoms with Crippen molar-refractivity contribution in [3.63, 3.8) is 0 Å². The Morgan fingerprint density at radius 3 is 2.50 bits per heavy atom. The fourth-order valence-electron chi connectivity index (χ4n) is 5.64. The summed E-state index contributed by atoms with van der Waals surface area (Å²) in [5.41, 5.74) is 4.29. The fourth-order valence-corrected chi connectivity index (χ4v) is 6.55. The van der Waals surface area contributed by atoms with Gasteiger partial charge in [-0.05, 0) is 60.5 Å². The van der Waals surface area contributed by atoms with E-state index >= 15 is 0 Å². The van der Waals surface area contributed by atoms with Gasteiger partial charge in [0.1, 0.15) is 0 Å². The highest BCUT2D eigenvalue weighted by atomic mass is 32.1. The summed E-state index contributed by atoms with van der Waals surface area (Å²) in [6, 6.07) is 16.4. The van der Waals surface area contributed by atoms with Crippen LogP contribution in [0.4, 0.5) is 5.69 Å². The largest absolute Gasteiger partial charge is 0.339 e. The lowest BCUT2D eigenvalue weighted by atomic mass is 9.90. The molecule has 1 fully saturated rings. The number of rotatable bonds is 6. The quantitative estimate of drug-likeness (QED) is 0.340. The van der Waals surface area contributed by atoms with Gasteiger partial charge in [-0.2, -0.15) is 0 Å². The standard InChI is InChI=1S/C29H32N4O4S/c1-20-5-3-4-6-24(20)28-25-13-18-38-26(25)11-14-30(28)15-12-27(34)31-16-17-32(21(2)19-31)29(35)22-7-9-23(10-8-22)33(36)37/h3-10,13,18,21,28H,11-12,14-17,19H2,1-2H3/t21-,28-/m1/s1. The smallest absolute Gasteiger partial charge is 0.269 e. The molecule has 2 aliphatic rings. The van der Waals surface area contributed by atoms with Crippen molar-refractivity contribution in [2.45, 2.75) is 38.8 Å². The third-order valence-electron chi connectivity index (χ3n) is 7.73. The second-order valence-electron chi connectivity index (χ2n) is 10.1. The van der Waals surface area contributed by atoms with Crippen molar-refractivity contribution in [1.29, 1.82) is 0 Å². The number of amides is 2. The van der Waals surface area contributed by atoms with Gasteiger partial charge in [-0.3, -0.25) is 24.6 Å². The Kier molecular flexibility index (Phi) is 7.58. The minimum Gasteiger partial charge on any atom is -0.339 e. The zero-order chi connectivity index (χ0) is 26.8. The Morgan fingerprint density at radius 2 is 1.79 bits per heavy atom. The van der Waals surface area contributed by atoms with Crippen LogP contribution in [0.25, 0.3) is 0 Å². The number of hydrogen-bond donors (Lipinski definition) is 0. The van der Waals surface area contributed by atoms with E-state index < -0.39 is 4.92 Å². The lowest BCUT2D eigenvalue weighted by Crippen LogP contribution is -2.55. The number of non-ortho nitro benzene ring substituents is 1. The number of hydrogen-bond acceptors (Lipinski definition) is 6. The molecule has 0 N–H and O–H groups in total. The number of nitro groups is 1. The highest BCUT2D eigenvalue weighted by Gasteiger charge is 2.33. The van der Waals surface area contributed by atoms with E-state index in [0.29, 0.717) is 38.2 Å². The molecule has 3 heterocycles. The number of aryl methyl sites for hydroxylation is 1. The number of piperazine rings is 1. The highest BCUT2D eigenvalue weighted by Crippen LogP contribution is 2.39. The van der Waals surface area contributed by atoms with Gasteiger partial charge < -0.3 is 9.80 Å². The van der Waals surface area contributed by atoms with E-state index in [4.69, 9.17) is 0 Å². The Hall–Kier alpha value is -3.56. The normalized spacial score (nSPS) is 19.7. The summed E-state index contributed by atoms with van der Waals surface area (Å²) in [7, 11) is 0. The van der Waals surface area contributed by atoms with Crippen LogP contribution in [-0.2, 0) is 11.2 Å². The maximum absolute atomic E-state index is 13.3. The number of nitrogens with zero attached hydrogens (tertiary/aromatic N) is 4. The molecule has 8 nitrogen and oxygen atoms in total. The molecule has 0 saturated carbocycles. The van der Waals surface area contributed by atoms with Crippen molar-refractivity contribution in [3.05, 3.63) is 97.2 Å². The molecule has 2 atom stereocenters. The van der Waals surface area contributed by atoms with Crippen molar-refractivity contribution in [1.82, 2.24) is 14.7 Å². The minimum atomic E-state index is -0.479. The van der Waals surface area contributed by atoms with Crippen molar-refractivity contribution in [2.75, 3.05) is 32.7 Å². The predicted octanol–water partition coefficient (Wildman–Crippen LogP) is 4.68. The lowest BCUT2D eigenvalue weighted by molar-refractivity contribution is -0.384. The molecule has 198 valence electrons. The monoisotopic (exact) mass is 532 g/mol. The van der Waals surface area contributed by atoms with Crippen LogP contribution in [0.2, 0.25) is 0 Å². The molecule has 3 aromatic rings. The number of carbonyl (C=O) groups is 2. The minimum absolute atomic E-state index is 0.0430. The Morgan fingerprint density at radius 1 is 1.03 bits per heavy atom. The molecule has 0 spiro atoms. The molecule has 9 heteroatoms. The second kappa shape index (κ2) is 11.0. The summed E-state index contributed by atoms with van der Waals surface area (Å²) in [5.74, 6) is -0.0561. The second-order valence-corrected chi connectivity index (χ2v) is 11.1. The van der Waals surface area contributed by atoms with Crippen molar-refractivity contribution in [3.8, 4) is 0 Å². The average Bonchev–Trinajstić information content (AvgIpc) is 3.40. The molecule has 5 rings (SSSR count). The van der Waals surface area contributed by atoms with Gasteiger partial charge in [0.05, 0.1) is 11.0 Å². The SMILES string of the molecule is Cc1ccccc1[C@@H]1c2ccsc2CCN1CCC(=O)N1CCN(C(=O)c2ccc([N+](=O)[O-])cc2)[C@H](C)C1. The van der Waals surface area contributed by atoms with Crippen LogP contribution in [0.1, 0.15) is 51.3 Å². The van der Waals surface area contributed by atoms with Crippen LogP contribution < -0.4 is 0 Å². The Bertz CT molecular complexity index is 1340. The molecule has 2 aromatic carbocycles. The molecule has 0 aliphatic carbocycles. The van der Waals surface area contributed by atoms with Crippen LogP contribution in [0.15, 0.2) is 60.0 Å². The van der Waals surface area contributed by atoms with Crippen LogP contribution in [0.3, 0.4) is 0 Å². The molecule has 2 aliphatic heterocycles. The maximum atomic E-state index is 13.3. The van der Waals surface area contributed by atoms with E-state index in [1.54, 1.807) is 4.90 Å². The van der Waals surface area contributed by atoms with Gasteiger partial charge in [0.2, 0.25) is 5.91 Å². The Labute approximate surface area is 226 Å². The first-order valence-corrected chi connectivity index (χ1v) is 13.9. The number of carbonyl (C=O) groups excluding carboxylic acids is 2. The molecule has 38 heavy (non-hydrogen) atoms. The van der Waals surface area contributed by atoms with E-state index in [9.17, 15) is 19.7 Å². The van der Waals surface area contributed by atoms with Gasteiger partial charge in [0.15, 0.2) is 0 Å². The molecular formula is C29H32N4O4S. The molecule has 0 bridgehead atoms. The first kappa shape index (κ1) is 26.1. The van der Waals surface area contributed by atoms with Gasteiger partial charge in [-0.1, -0.05) is 24.3 Å². The van der Waals surface area contributed by atoms with Gasteiger partial charge in [0, 0.05) is 67.8 Å². The average molecular weight is 533 g/mol. The summed E-state index contributed by atoms with van der Waals surface area (Å²) in [6.45, 7) is 7.11. The summed E-state index contributed by atoms with van der Waals surface area (Å²) >= 11 is 1.82. The molecule has 1 aromatic heterocycles. The first-order valence-electron chi connectivity index (χ1n) is 13.0. The summed E-state index contributed by atoms with van der Waals surface area (Å²) in [5, 5.41) is 13.1. The summed E-state index contributed by atoms with van der Waals surface area (Å²) in [4.78, 5) is 44.2. The molecule has 2 amide bonds. The van der Waals surface area contributed by atoms with Crippen LogP contribution in [0.5, 0.6) is 0 Å². The molecule has 0 radical (unpaired) electrons. The zero-order valence-corrected chi connectivity index (χ0v) is 22.5. The summed E-state index contributed by atoms with van der Waals surface area (Å²) < 4.78 is 0. The van der Waals surface area contributed by atoms with E-state index in [-0.39, 0.29) is 29.6 Å². The number of benzene rings is 2. The predicted molar refractivity (Wildman–Crippen MR) is 147 cm³/mol. The summed E-state index contributed by atoms with van der Waals surface area (Å²) in [6.07, 6.45) is 1.44. The van der Waals surface area contributed by atoms with Crippen molar-refractivity contribution < 1.29 is 14.5 Å². The van der Waals surface area contributed by atoms with Crippen LogP contribution >= 0.6 is 11.3 Å². The van der Waals surface area contributed by atoms with Crippen LogP contribution in [-0.4, -0.2) is 70.2 Å². The van der Waals surface area contributed by atoms with E-state index in [1.165, 1.54) is 45.8 Å². The van der Waals surface area contributed by atoms with E-state index in [0.717, 1.165) is 13.0 Å². The third kappa shape index (κ3) is 5.21. The Balaban J connectivity index is 1.21. The first-order chi connectivity index (χ1) is 18.3. The number of nitro benzene ring substituents is 1. The zero-order valence-electron chi connectivity index (χ0n) is 21.7. The maximum Gasteiger partial charge on any atom is 0.269 e. The van der Waals surface area contributed by atoms with Crippen molar-refractivity contribution >= 4 is 28.8 Å². The third-order valence-corrected chi connectivity index (χ3v) is 8.72. The van der Waals surface area contributed by atoms with E-state index in [2.05, 4.69) is 47.5 Å². The fraction of sp³-hybridized carbons (Fsp3) is 0.379. The highest BCUT2D eigenvalue weighted by molar-refractivity contribution is 7.10. The van der Waals surface area contributed by atoms with Gasteiger partial charge in [-0.15, -0.1) is 11.3 Å². The van der Waals surface area contributed by atoms with E-state index in [1.807, 2.05) is 23.2 Å². The number of fused-ring (bicyclic) bond motifs is 1. The molecule has 1 saturated heterocycles. The van der Waals surface area contributed by atoms with Gasteiger partial charge in [0.25, 0.3) is 11.6 Å². The van der Waals surface area contributed by atoms with Gasteiger partial charge in [-0.25, -0.2) is 0 Å². The topological polar surface area (TPSA) is 87.0 Å². The molecule has 0 unspecified atom stereocenters. The van der Waals surface area contributed by atoms with Crippen LogP contribution in [0, 0.1) is 17.0 Å². The van der Waals surface area contributed by atoms with Gasteiger partial charge >= 0.3 is 0 Å². The molecular weight excluding hydrogens is 500 g/mol. The number of thiophene rings is 1. The lowest BCUT2D eigenvalue weighted by Gasteiger charge is -2.41. The van der Waals surface area contributed by atoms with Crippen molar-refractivity contribution in [2.24, 2.45) is 0 Å².